The predicted octanol–water partition coefficient (Wildman–Crippen LogP) is 5.76. The lowest BCUT2D eigenvalue weighted by Crippen LogP contribution is -2.26. The third kappa shape index (κ3) is 3.52. The van der Waals surface area contributed by atoms with Crippen LogP contribution in [0.1, 0.15) is 72.8 Å². The lowest BCUT2D eigenvalue weighted by Gasteiger charge is -2.30. The monoisotopic (exact) mass is 395 g/mol. The summed E-state index contributed by atoms with van der Waals surface area (Å²) >= 11 is 2.03. The van der Waals surface area contributed by atoms with Gasteiger partial charge >= 0.3 is 0 Å². The summed E-state index contributed by atoms with van der Waals surface area (Å²) in [5.41, 5.74) is 6.72. The summed E-state index contributed by atoms with van der Waals surface area (Å²) in [5.74, 6) is 1.66. The second kappa shape index (κ2) is 7.98. The molecule has 4 unspecified atom stereocenters. The van der Waals surface area contributed by atoms with Crippen LogP contribution in [0.5, 0.6) is 0 Å². The van der Waals surface area contributed by atoms with Crippen molar-refractivity contribution in [1.82, 2.24) is 5.32 Å². The second-order valence-corrected chi connectivity index (χ2v) is 9.85. The molecular formula is C24H33N3S. The molecule has 1 aromatic heterocycles. The van der Waals surface area contributed by atoms with E-state index in [1.54, 1.807) is 10.4 Å². The molecule has 1 saturated carbocycles. The van der Waals surface area contributed by atoms with Gasteiger partial charge in [-0.2, -0.15) is 0 Å². The van der Waals surface area contributed by atoms with Crippen LogP contribution in [0.2, 0.25) is 0 Å². The smallest absolute Gasteiger partial charge is 0.122 e. The number of unbranched alkanes of at least 4 members (excludes halogenated alkanes) is 1. The zero-order valence-electron chi connectivity index (χ0n) is 17.3. The van der Waals surface area contributed by atoms with Crippen molar-refractivity contribution in [3.05, 3.63) is 39.6 Å². The first-order valence-electron chi connectivity index (χ1n) is 10.9. The SMILES string of the molecule is C=C(NCCCC)c1c(C2CCC2=C)sc2c1CC(C(C)C1=NC1C=N)CC2. The molecule has 4 atom stereocenters. The highest BCUT2D eigenvalue weighted by atomic mass is 32.1. The standard InChI is InChI=1S/C24H33N3S/c1-5-6-11-26-16(4)22-19-12-17(15(3)23-20(13-25)27-23)8-10-21(19)28-24(22)18-9-7-14(18)2/h13,15,17-18,20,25-26H,2,4-12H2,1,3H3. The van der Waals surface area contributed by atoms with Crippen molar-refractivity contribution in [2.75, 3.05) is 6.54 Å². The maximum Gasteiger partial charge on any atom is 0.122 e. The Morgan fingerprint density at radius 1 is 1.39 bits per heavy atom. The number of hydrogen-bond donors (Lipinski definition) is 2. The lowest BCUT2D eigenvalue weighted by molar-refractivity contribution is 0.394. The maximum atomic E-state index is 7.48. The quantitative estimate of drug-likeness (QED) is 0.312. The molecule has 28 heavy (non-hydrogen) atoms. The van der Waals surface area contributed by atoms with Crippen molar-refractivity contribution in [3.63, 3.8) is 0 Å². The zero-order chi connectivity index (χ0) is 19.8. The van der Waals surface area contributed by atoms with E-state index in [4.69, 9.17) is 5.41 Å². The van der Waals surface area contributed by atoms with Crippen LogP contribution in [-0.2, 0) is 12.8 Å². The molecule has 2 aliphatic carbocycles. The highest BCUT2D eigenvalue weighted by Crippen LogP contribution is 2.50. The topological polar surface area (TPSA) is 48.2 Å². The number of aliphatic imine (C=N–C) groups is 1. The van der Waals surface area contributed by atoms with Crippen LogP contribution in [0.15, 0.2) is 23.7 Å². The molecular weight excluding hydrogens is 362 g/mol. The number of nitrogens with zero attached hydrogens (tertiary/aromatic N) is 1. The highest BCUT2D eigenvalue weighted by Gasteiger charge is 2.39. The van der Waals surface area contributed by atoms with Crippen molar-refractivity contribution in [2.45, 2.75) is 70.8 Å². The van der Waals surface area contributed by atoms with Crippen LogP contribution in [-0.4, -0.2) is 24.5 Å². The van der Waals surface area contributed by atoms with Gasteiger partial charge in [-0.15, -0.1) is 11.3 Å². The van der Waals surface area contributed by atoms with E-state index in [0.29, 0.717) is 17.8 Å². The largest absolute Gasteiger partial charge is 0.385 e. The van der Waals surface area contributed by atoms with Gasteiger partial charge in [-0.25, -0.2) is 0 Å². The molecule has 1 aromatic rings. The maximum absolute atomic E-state index is 7.48. The molecule has 0 aromatic carbocycles. The zero-order valence-corrected chi connectivity index (χ0v) is 18.1. The van der Waals surface area contributed by atoms with Gasteiger partial charge in [0.1, 0.15) is 6.04 Å². The molecule has 0 saturated heterocycles. The summed E-state index contributed by atoms with van der Waals surface area (Å²) in [6.45, 7) is 14.3. The van der Waals surface area contributed by atoms with Crippen LogP contribution in [0.3, 0.4) is 0 Å². The summed E-state index contributed by atoms with van der Waals surface area (Å²) in [6, 6.07) is 0.0953. The summed E-state index contributed by atoms with van der Waals surface area (Å²) in [7, 11) is 0. The second-order valence-electron chi connectivity index (χ2n) is 8.71. The Hall–Kier alpha value is -1.68. The molecule has 1 fully saturated rings. The Morgan fingerprint density at radius 3 is 2.82 bits per heavy atom. The Balaban J connectivity index is 1.60. The average Bonchev–Trinajstić information content (AvgIpc) is 3.39. The number of fused-ring (bicyclic) bond motifs is 1. The third-order valence-electron chi connectivity index (χ3n) is 6.92. The van der Waals surface area contributed by atoms with Crippen LogP contribution >= 0.6 is 11.3 Å². The molecule has 150 valence electrons. The summed E-state index contributed by atoms with van der Waals surface area (Å²) < 4.78 is 0. The first kappa shape index (κ1) is 19.6. The van der Waals surface area contributed by atoms with Gasteiger partial charge in [0.05, 0.1) is 0 Å². The Labute approximate surface area is 173 Å². The molecule has 2 N–H and O–H groups in total. The Kier molecular flexibility index (Phi) is 5.59. The van der Waals surface area contributed by atoms with Gasteiger partial charge in [0.2, 0.25) is 0 Å². The number of nitrogens with one attached hydrogen (secondary N) is 2. The fourth-order valence-corrected chi connectivity index (χ4v) is 6.39. The normalized spacial score (nSPS) is 26.7. The van der Waals surface area contributed by atoms with Crippen LogP contribution < -0.4 is 5.32 Å². The number of rotatable bonds is 9. The molecule has 3 aliphatic rings. The van der Waals surface area contributed by atoms with Crippen molar-refractivity contribution >= 4 is 29.0 Å². The van der Waals surface area contributed by atoms with Crippen molar-refractivity contribution in [2.24, 2.45) is 16.8 Å². The van der Waals surface area contributed by atoms with Gasteiger partial charge in [-0.05, 0) is 55.9 Å². The number of thiophene rings is 1. The van der Waals surface area contributed by atoms with Gasteiger partial charge < -0.3 is 10.7 Å². The highest BCUT2D eigenvalue weighted by molar-refractivity contribution is 7.12. The van der Waals surface area contributed by atoms with Crippen molar-refractivity contribution < 1.29 is 0 Å². The van der Waals surface area contributed by atoms with E-state index < -0.39 is 0 Å². The lowest BCUT2D eigenvalue weighted by atomic mass is 9.74. The molecule has 4 rings (SSSR count). The molecule has 2 heterocycles. The van der Waals surface area contributed by atoms with Crippen LogP contribution in [0, 0.1) is 17.2 Å². The molecule has 3 nitrogen and oxygen atoms in total. The van der Waals surface area contributed by atoms with E-state index in [9.17, 15) is 0 Å². The molecule has 0 amide bonds. The van der Waals surface area contributed by atoms with Crippen LogP contribution in [0.25, 0.3) is 5.70 Å². The first-order valence-corrected chi connectivity index (χ1v) is 11.7. The van der Waals surface area contributed by atoms with E-state index >= 15 is 0 Å². The van der Waals surface area contributed by atoms with Gasteiger partial charge in [-0.1, -0.05) is 39.0 Å². The number of aryl methyl sites for hydroxylation is 1. The summed E-state index contributed by atoms with van der Waals surface area (Å²) in [4.78, 5) is 7.61. The third-order valence-corrected chi connectivity index (χ3v) is 8.32. The minimum atomic E-state index is 0.0953. The predicted molar refractivity (Wildman–Crippen MR) is 122 cm³/mol. The summed E-state index contributed by atoms with van der Waals surface area (Å²) in [5, 5.41) is 11.1. The average molecular weight is 396 g/mol. The molecule has 0 bridgehead atoms. The van der Waals surface area contributed by atoms with Gasteiger partial charge in [0.15, 0.2) is 0 Å². The number of allylic oxidation sites excluding steroid dienone is 1. The van der Waals surface area contributed by atoms with E-state index in [2.05, 4.69) is 37.3 Å². The minimum absolute atomic E-state index is 0.0953. The van der Waals surface area contributed by atoms with Crippen molar-refractivity contribution in [1.29, 1.82) is 5.41 Å². The van der Waals surface area contributed by atoms with Gasteiger partial charge in [0.25, 0.3) is 0 Å². The molecule has 0 radical (unpaired) electrons. The summed E-state index contributed by atoms with van der Waals surface area (Å²) in [6.07, 6.45) is 9.81. The minimum Gasteiger partial charge on any atom is -0.385 e. The fraction of sp³-hybridized carbons (Fsp3) is 0.583. The molecule has 1 aliphatic heterocycles. The van der Waals surface area contributed by atoms with Crippen molar-refractivity contribution in [3.8, 4) is 0 Å². The van der Waals surface area contributed by atoms with Crippen LogP contribution in [0.4, 0.5) is 0 Å². The van der Waals surface area contributed by atoms with E-state index in [0.717, 1.165) is 18.7 Å². The molecule has 0 spiro atoms. The fourth-order valence-electron chi connectivity index (χ4n) is 4.82. The van der Waals surface area contributed by atoms with Gasteiger partial charge in [0, 0.05) is 45.4 Å². The van der Waals surface area contributed by atoms with E-state index in [1.807, 2.05) is 11.3 Å². The molecule has 4 heteroatoms. The van der Waals surface area contributed by atoms with Gasteiger partial charge in [-0.3, -0.25) is 4.99 Å². The van der Waals surface area contributed by atoms with E-state index in [-0.39, 0.29) is 6.04 Å². The first-order chi connectivity index (χ1) is 13.5. The Morgan fingerprint density at radius 2 is 2.21 bits per heavy atom. The van der Waals surface area contributed by atoms with E-state index in [1.165, 1.54) is 66.5 Å². The Bertz CT molecular complexity index is 831. The number of hydrogen-bond acceptors (Lipinski definition) is 4.